The van der Waals surface area contributed by atoms with Gasteiger partial charge < -0.3 is 14.8 Å². The zero-order valence-corrected chi connectivity index (χ0v) is 16.0. The van der Waals surface area contributed by atoms with Gasteiger partial charge in [0.05, 0.1) is 18.1 Å². The van der Waals surface area contributed by atoms with Crippen LogP contribution in [0.4, 0.5) is 0 Å². The molecule has 1 N–H and O–H groups in total. The Hall–Kier alpha value is -1.48. The van der Waals surface area contributed by atoms with Crippen LogP contribution in [0, 0.1) is 0 Å². The summed E-state index contributed by atoms with van der Waals surface area (Å²) in [6.45, 7) is 5.76. The Bertz CT molecular complexity index is 731. The van der Waals surface area contributed by atoms with Crippen molar-refractivity contribution < 1.29 is 22.7 Å². The minimum absolute atomic E-state index is 0.0756. The molecular formula is C18H26N2O5S. The SMILES string of the molecule is CCC(C)NC(=O)c1ccc(S(=O)(=O)N2CCC3(CC2)OCCO3)cc1. The Balaban J connectivity index is 1.67. The molecule has 2 fully saturated rings. The molecule has 0 bridgehead atoms. The molecule has 2 saturated heterocycles. The molecule has 2 aliphatic heterocycles. The van der Waals surface area contributed by atoms with E-state index in [4.69, 9.17) is 9.47 Å². The monoisotopic (exact) mass is 382 g/mol. The quantitative estimate of drug-likeness (QED) is 0.839. The van der Waals surface area contributed by atoms with E-state index in [0.29, 0.717) is 44.7 Å². The van der Waals surface area contributed by atoms with Crippen molar-refractivity contribution in [1.82, 2.24) is 9.62 Å². The van der Waals surface area contributed by atoms with Gasteiger partial charge in [0.25, 0.3) is 5.91 Å². The van der Waals surface area contributed by atoms with E-state index in [1.807, 2.05) is 13.8 Å². The Morgan fingerprint density at radius 2 is 1.77 bits per heavy atom. The second kappa shape index (κ2) is 7.64. The first-order valence-electron chi connectivity index (χ1n) is 9.05. The number of nitrogens with zero attached hydrogens (tertiary/aromatic N) is 1. The molecule has 26 heavy (non-hydrogen) atoms. The first-order valence-corrected chi connectivity index (χ1v) is 10.5. The highest BCUT2D eigenvalue weighted by Crippen LogP contribution is 2.33. The molecule has 0 aliphatic carbocycles. The first kappa shape index (κ1) is 19.3. The van der Waals surface area contributed by atoms with Crippen LogP contribution in [-0.2, 0) is 19.5 Å². The highest BCUT2D eigenvalue weighted by atomic mass is 32.2. The highest BCUT2D eigenvalue weighted by Gasteiger charge is 2.42. The molecule has 2 aliphatic rings. The van der Waals surface area contributed by atoms with Crippen molar-refractivity contribution >= 4 is 15.9 Å². The number of amides is 1. The van der Waals surface area contributed by atoms with E-state index in [9.17, 15) is 13.2 Å². The summed E-state index contributed by atoms with van der Waals surface area (Å²) in [5.74, 6) is -0.803. The molecule has 3 rings (SSSR count). The third kappa shape index (κ3) is 3.93. The highest BCUT2D eigenvalue weighted by molar-refractivity contribution is 7.89. The maximum Gasteiger partial charge on any atom is 0.251 e. The topological polar surface area (TPSA) is 84.9 Å². The van der Waals surface area contributed by atoms with Crippen LogP contribution < -0.4 is 5.32 Å². The van der Waals surface area contributed by atoms with Crippen molar-refractivity contribution in [3.05, 3.63) is 29.8 Å². The van der Waals surface area contributed by atoms with Gasteiger partial charge in [-0.2, -0.15) is 4.31 Å². The van der Waals surface area contributed by atoms with Crippen LogP contribution in [0.5, 0.6) is 0 Å². The molecule has 144 valence electrons. The van der Waals surface area contributed by atoms with Gasteiger partial charge in [-0.3, -0.25) is 4.79 Å². The van der Waals surface area contributed by atoms with Gasteiger partial charge in [-0.05, 0) is 37.6 Å². The van der Waals surface area contributed by atoms with Crippen molar-refractivity contribution in [1.29, 1.82) is 0 Å². The van der Waals surface area contributed by atoms with Gasteiger partial charge in [0, 0.05) is 37.5 Å². The molecular weight excluding hydrogens is 356 g/mol. The summed E-state index contributed by atoms with van der Waals surface area (Å²) in [5, 5.41) is 2.87. The molecule has 0 radical (unpaired) electrons. The zero-order valence-electron chi connectivity index (χ0n) is 15.2. The van der Waals surface area contributed by atoms with Crippen LogP contribution in [-0.4, -0.2) is 56.8 Å². The van der Waals surface area contributed by atoms with Crippen molar-refractivity contribution in [2.24, 2.45) is 0 Å². The van der Waals surface area contributed by atoms with Crippen LogP contribution in [0.15, 0.2) is 29.2 Å². The summed E-state index contributed by atoms with van der Waals surface area (Å²) in [4.78, 5) is 12.3. The molecule has 2 heterocycles. The summed E-state index contributed by atoms with van der Waals surface area (Å²) in [6, 6.07) is 6.17. The lowest BCUT2D eigenvalue weighted by molar-refractivity contribution is -0.179. The smallest absolute Gasteiger partial charge is 0.251 e. The largest absolute Gasteiger partial charge is 0.350 e. The second-order valence-corrected chi connectivity index (χ2v) is 8.76. The number of carbonyl (C=O) groups excluding carboxylic acids is 1. The number of carbonyl (C=O) groups is 1. The van der Waals surface area contributed by atoms with Crippen molar-refractivity contribution in [3.8, 4) is 0 Å². The molecule has 1 spiro atoms. The number of benzene rings is 1. The number of hydrogen-bond acceptors (Lipinski definition) is 5. The Kier molecular flexibility index (Phi) is 5.67. The molecule has 0 aromatic heterocycles. The molecule has 1 unspecified atom stereocenters. The summed E-state index contributed by atoms with van der Waals surface area (Å²) in [7, 11) is -3.59. The first-order chi connectivity index (χ1) is 12.4. The lowest BCUT2D eigenvalue weighted by Crippen LogP contribution is -2.47. The van der Waals surface area contributed by atoms with Gasteiger partial charge in [-0.15, -0.1) is 0 Å². The van der Waals surface area contributed by atoms with E-state index in [0.717, 1.165) is 6.42 Å². The molecule has 1 atom stereocenters. The van der Waals surface area contributed by atoms with E-state index < -0.39 is 15.8 Å². The summed E-state index contributed by atoms with van der Waals surface area (Å²) in [6.07, 6.45) is 1.89. The molecule has 7 nitrogen and oxygen atoms in total. The van der Waals surface area contributed by atoms with E-state index in [1.165, 1.54) is 16.4 Å². The van der Waals surface area contributed by atoms with Gasteiger partial charge in [0.2, 0.25) is 10.0 Å². The zero-order chi connectivity index (χ0) is 18.8. The fourth-order valence-corrected chi connectivity index (χ4v) is 4.63. The van der Waals surface area contributed by atoms with E-state index in [1.54, 1.807) is 12.1 Å². The number of piperidine rings is 1. The van der Waals surface area contributed by atoms with Crippen LogP contribution >= 0.6 is 0 Å². The van der Waals surface area contributed by atoms with Crippen molar-refractivity contribution in [2.45, 2.75) is 49.8 Å². The van der Waals surface area contributed by atoms with Gasteiger partial charge in [-0.1, -0.05) is 6.92 Å². The third-order valence-electron chi connectivity index (χ3n) is 5.04. The summed E-state index contributed by atoms with van der Waals surface area (Å²) >= 11 is 0. The van der Waals surface area contributed by atoms with Gasteiger partial charge >= 0.3 is 0 Å². The van der Waals surface area contributed by atoms with Crippen molar-refractivity contribution in [3.63, 3.8) is 0 Å². The minimum atomic E-state index is -3.59. The van der Waals surface area contributed by atoms with E-state index >= 15 is 0 Å². The number of hydrogen-bond donors (Lipinski definition) is 1. The molecule has 8 heteroatoms. The molecule has 1 aromatic rings. The average molecular weight is 382 g/mol. The third-order valence-corrected chi connectivity index (χ3v) is 6.95. The molecule has 1 amide bonds. The maximum absolute atomic E-state index is 12.8. The summed E-state index contributed by atoms with van der Waals surface area (Å²) in [5.41, 5.74) is 0.453. The predicted molar refractivity (Wildman–Crippen MR) is 96.3 cm³/mol. The standard InChI is InChI=1S/C18H26N2O5S/c1-3-14(2)19-17(21)15-4-6-16(7-5-15)26(22,23)20-10-8-18(9-11-20)24-12-13-25-18/h4-7,14H,3,8-13H2,1-2H3,(H,19,21). The molecule has 0 saturated carbocycles. The number of nitrogens with one attached hydrogen (secondary N) is 1. The number of sulfonamides is 1. The normalized spacial score (nSPS) is 21.6. The maximum atomic E-state index is 12.8. The average Bonchev–Trinajstić information content (AvgIpc) is 3.10. The molecule has 1 aromatic carbocycles. The number of ether oxygens (including phenoxy) is 2. The van der Waals surface area contributed by atoms with Gasteiger partial charge in [0.15, 0.2) is 5.79 Å². The van der Waals surface area contributed by atoms with Crippen molar-refractivity contribution in [2.75, 3.05) is 26.3 Å². The fraction of sp³-hybridized carbons (Fsp3) is 0.611. The van der Waals surface area contributed by atoms with Gasteiger partial charge in [-0.25, -0.2) is 8.42 Å². The Labute approximate surface area is 154 Å². The van der Waals surface area contributed by atoms with E-state index in [2.05, 4.69) is 5.32 Å². The van der Waals surface area contributed by atoms with Crippen LogP contribution in [0.25, 0.3) is 0 Å². The second-order valence-electron chi connectivity index (χ2n) is 6.82. The van der Waals surface area contributed by atoms with Crippen LogP contribution in [0.1, 0.15) is 43.5 Å². The Morgan fingerprint density at radius 3 is 2.31 bits per heavy atom. The van der Waals surface area contributed by atoms with Crippen LogP contribution in [0.2, 0.25) is 0 Å². The van der Waals surface area contributed by atoms with Crippen LogP contribution in [0.3, 0.4) is 0 Å². The Morgan fingerprint density at radius 1 is 1.19 bits per heavy atom. The predicted octanol–water partition coefficient (Wildman–Crippen LogP) is 1.74. The van der Waals surface area contributed by atoms with Gasteiger partial charge in [0.1, 0.15) is 0 Å². The fourth-order valence-electron chi connectivity index (χ4n) is 3.19. The lowest BCUT2D eigenvalue weighted by atomic mass is 10.1. The summed E-state index contributed by atoms with van der Waals surface area (Å²) < 4.78 is 38.4. The number of rotatable bonds is 5. The van der Waals surface area contributed by atoms with E-state index in [-0.39, 0.29) is 16.8 Å². The minimum Gasteiger partial charge on any atom is -0.350 e. The lowest BCUT2D eigenvalue weighted by Gasteiger charge is -2.36.